The molecular weight excluding hydrogens is 428 g/mol. The second kappa shape index (κ2) is 14.2. The third-order valence-corrected chi connectivity index (χ3v) is 3.16. The molecule has 14 heteroatoms. The zero-order valence-corrected chi connectivity index (χ0v) is 15.4. The summed E-state index contributed by atoms with van der Waals surface area (Å²) in [5.41, 5.74) is 0. The van der Waals surface area contributed by atoms with Crippen molar-refractivity contribution in [2.75, 3.05) is 72.7 Å². The molecule has 0 aromatic rings. The summed E-state index contributed by atoms with van der Waals surface area (Å²) in [5.74, 6) is -18.0. The Bertz CT molecular complexity index is 414. The fraction of sp³-hybridized carbons (Fsp3) is 1.00. The summed E-state index contributed by atoms with van der Waals surface area (Å²) in [6, 6.07) is 0. The molecule has 0 aliphatic heterocycles. The summed E-state index contributed by atoms with van der Waals surface area (Å²) < 4.78 is 125. The first-order valence-corrected chi connectivity index (χ1v) is 8.42. The lowest BCUT2D eigenvalue weighted by atomic mass is 10.1. The van der Waals surface area contributed by atoms with Gasteiger partial charge in [-0.25, -0.2) is 8.78 Å². The maximum Gasteiger partial charge on any atom is 0.380 e. The van der Waals surface area contributed by atoms with Crippen LogP contribution in [0, 0.1) is 0 Å². The Morgan fingerprint density at radius 3 is 1.28 bits per heavy atom. The quantitative estimate of drug-likeness (QED) is 0.240. The minimum Gasteiger partial charge on any atom is -0.394 e. The molecule has 176 valence electrons. The van der Waals surface area contributed by atoms with Crippen LogP contribution in [0.1, 0.15) is 0 Å². The Hall–Kier alpha value is -0.800. The van der Waals surface area contributed by atoms with Crippen LogP contribution in [0.15, 0.2) is 0 Å². The van der Waals surface area contributed by atoms with E-state index in [0.29, 0.717) is 13.2 Å². The van der Waals surface area contributed by atoms with Gasteiger partial charge in [0, 0.05) is 0 Å². The Morgan fingerprint density at radius 2 is 0.931 bits per heavy atom. The van der Waals surface area contributed by atoms with E-state index in [9.17, 15) is 35.1 Å². The number of halogens is 8. The molecule has 0 heterocycles. The van der Waals surface area contributed by atoms with E-state index in [2.05, 4.69) is 4.74 Å². The Morgan fingerprint density at radius 1 is 0.586 bits per heavy atom. The Kier molecular flexibility index (Phi) is 13.9. The van der Waals surface area contributed by atoms with Crippen molar-refractivity contribution in [2.45, 2.75) is 24.2 Å². The highest BCUT2D eigenvalue weighted by Crippen LogP contribution is 2.48. The van der Waals surface area contributed by atoms with Crippen LogP contribution in [0.25, 0.3) is 0 Å². The molecule has 0 fully saturated rings. The standard InChI is InChI=1S/C15H24F8O6/c16-12(17)14(20,21)15(22,23)13(18,19)11-29-10-9-28-8-7-27-6-5-26-4-3-25-2-1-24/h12,24H,1-11H2. The molecule has 0 unspecified atom stereocenters. The number of alkyl halides is 8. The first-order chi connectivity index (χ1) is 13.5. The number of hydrogen-bond acceptors (Lipinski definition) is 6. The maximum atomic E-state index is 13.1. The Labute approximate surface area is 162 Å². The minimum atomic E-state index is -6.28. The van der Waals surface area contributed by atoms with E-state index < -0.39 is 37.4 Å². The number of rotatable bonds is 19. The van der Waals surface area contributed by atoms with Crippen molar-refractivity contribution in [1.82, 2.24) is 0 Å². The monoisotopic (exact) mass is 452 g/mol. The predicted octanol–water partition coefficient (Wildman–Crippen LogP) is 2.23. The summed E-state index contributed by atoms with van der Waals surface area (Å²) in [6.07, 6.45) is -4.96. The van der Waals surface area contributed by atoms with E-state index in [1.165, 1.54) is 0 Å². The summed E-state index contributed by atoms with van der Waals surface area (Å²) in [6.45, 7) is -1.84. The van der Waals surface area contributed by atoms with Crippen LogP contribution in [0.4, 0.5) is 35.1 Å². The van der Waals surface area contributed by atoms with E-state index in [1.807, 2.05) is 0 Å². The fourth-order valence-corrected chi connectivity index (χ4v) is 1.62. The molecule has 0 radical (unpaired) electrons. The second-order valence-corrected chi connectivity index (χ2v) is 5.43. The molecule has 0 saturated carbocycles. The van der Waals surface area contributed by atoms with Crippen molar-refractivity contribution in [1.29, 1.82) is 0 Å². The van der Waals surface area contributed by atoms with E-state index >= 15 is 0 Å². The van der Waals surface area contributed by atoms with Gasteiger partial charge in [0.1, 0.15) is 6.61 Å². The largest absolute Gasteiger partial charge is 0.394 e. The highest BCUT2D eigenvalue weighted by Gasteiger charge is 2.75. The van der Waals surface area contributed by atoms with Crippen LogP contribution in [-0.4, -0.2) is 102 Å². The summed E-state index contributed by atoms with van der Waals surface area (Å²) >= 11 is 0. The van der Waals surface area contributed by atoms with Crippen LogP contribution in [-0.2, 0) is 23.7 Å². The third-order valence-electron chi connectivity index (χ3n) is 3.16. The van der Waals surface area contributed by atoms with Gasteiger partial charge >= 0.3 is 24.2 Å². The zero-order chi connectivity index (χ0) is 22.4. The molecule has 0 rings (SSSR count). The van der Waals surface area contributed by atoms with Crippen molar-refractivity contribution in [3.8, 4) is 0 Å². The van der Waals surface area contributed by atoms with Gasteiger partial charge in [-0.2, -0.15) is 26.3 Å². The highest BCUT2D eigenvalue weighted by atomic mass is 19.4. The first kappa shape index (κ1) is 28.2. The second-order valence-electron chi connectivity index (χ2n) is 5.43. The van der Waals surface area contributed by atoms with E-state index in [4.69, 9.17) is 24.1 Å². The smallest absolute Gasteiger partial charge is 0.380 e. The molecule has 0 aliphatic carbocycles. The molecule has 0 spiro atoms. The normalized spacial score (nSPS) is 13.4. The number of aliphatic hydroxyl groups excluding tert-OH is 1. The van der Waals surface area contributed by atoms with Crippen LogP contribution in [0.3, 0.4) is 0 Å². The van der Waals surface area contributed by atoms with Crippen molar-refractivity contribution in [2.24, 2.45) is 0 Å². The van der Waals surface area contributed by atoms with Crippen LogP contribution in [0.5, 0.6) is 0 Å². The van der Waals surface area contributed by atoms with Gasteiger partial charge < -0.3 is 28.8 Å². The zero-order valence-electron chi connectivity index (χ0n) is 15.4. The van der Waals surface area contributed by atoms with Gasteiger partial charge in [0.2, 0.25) is 0 Å². The van der Waals surface area contributed by atoms with Crippen LogP contribution >= 0.6 is 0 Å². The van der Waals surface area contributed by atoms with Gasteiger partial charge in [0.25, 0.3) is 0 Å². The molecule has 0 aromatic carbocycles. The average Bonchev–Trinajstić information content (AvgIpc) is 2.64. The van der Waals surface area contributed by atoms with Crippen LogP contribution in [0.2, 0.25) is 0 Å². The van der Waals surface area contributed by atoms with Crippen molar-refractivity contribution in [3.63, 3.8) is 0 Å². The minimum absolute atomic E-state index is 0.00101. The predicted molar refractivity (Wildman–Crippen MR) is 82.0 cm³/mol. The Balaban J connectivity index is 3.72. The molecule has 1 N–H and O–H groups in total. The molecule has 0 atom stereocenters. The average molecular weight is 452 g/mol. The lowest BCUT2D eigenvalue weighted by molar-refractivity contribution is -0.346. The topological polar surface area (TPSA) is 66.4 Å². The van der Waals surface area contributed by atoms with Crippen molar-refractivity contribution >= 4 is 0 Å². The third kappa shape index (κ3) is 10.2. The van der Waals surface area contributed by atoms with Gasteiger partial charge in [-0.15, -0.1) is 0 Å². The molecule has 6 nitrogen and oxygen atoms in total. The fourth-order valence-electron chi connectivity index (χ4n) is 1.62. The molecule has 0 aliphatic rings. The molecule has 0 amide bonds. The lowest BCUT2D eigenvalue weighted by Crippen LogP contribution is -2.59. The van der Waals surface area contributed by atoms with E-state index in [1.54, 1.807) is 0 Å². The molecule has 0 saturated heterocycles. The van der Waals surface area contributed by atoms with Gasteiger partial charge in [-0.3, -0.25) is 0 Å². The molecular formula is C15H24F8O6. The van der Waals surface area contributed by atoms with E-state index in [-0.39, 0.29) is 46.2 Å². The first-order valence-electron chi connectivity index (χ1n) is 8.42. The lowest BCUT2D eigenvalue weighted by Gasteiger charge is -2.31. The molecule has 29 heavy (non-hydrogen) atoms. The van der Waals surface area contributed by atoms with Gasteiger partial charge in [0.05, 0.1) is 66.1 Å². The number of aliphatic hydroxyl groups is 1. The number of hydrogen-bond donors (Lipinski definition) is 1. The van der Waals surface area contributed by atoms with Crippen LogP contribution < -0.4 is 0 Å². The van der Waals surface area contributed by atoms with E-state index in [0.717, 1.165) is 0 Å². The molecule has 0 aromatic heterocycles. The van der Waals surface area contributed by atoms with Crippen molar-refractivity contribution < 1.29 is 63.9 Å². The van der Waals surface area contributed by atoms with Crippen molar-refractivity contribution in [3.05, 3.63) is 0 Å². The number of ether oxygens (including phenoxy) is 5. The summed E-state index contributed by atoms with van der Waals surface area (Å²) in [4.78, 5) is 0. The SMILES string of the molecule is OCCOCCOCCOCCOCCOCC(F)(F)C(F)(F)C(F)(F)C(F)F. The maximum absolute atomic E-state index is 13.1. The van der Waals surface area contributed by atoms with Gasteiger partial charge in [-0.05, 0) is 0 Å². The summed E-state index contributed by atoms with van der Waals surface area (Å²) in [7, 11) is 0. The molecule has 0 bridgehead atoms. The highest BCUT2D eigenvalue weighted by molar-refractivity contribution is 4.97. The van der Waals surface area contributed by atoms with Gasteiger partial charge in [0.15, 0.2) is 0 Å². The summed E-state index contributed by atoms with van der Waals surface area (Å²) in [5, 5.41) is 8.45. The van der Waals surface area contributed by atoms with Gasteiger partial charge in [-0.1, -0.05) is 0 Å².